The fraction of sp³-hybridized carbons (Fsp3) is 0.176. The summed E-state index contributed by atoms with van der Waals surface area (Å²) in [6.07, 6.45) is -10.7. The Morgan fingerprint density at radius 1 is 0.614 bits per heavy atom. The minimum atomic E-state index is -2.29. The van der Waals surface area contributed by atoms with E-state index in [1.54, 1.807) is 0 Å². The molecule has 0 aliphatic carbocycles. The Balaban J connectivity index is 1.47. The van der Waals surface area contributed by atoms with Crippen molar-refractivity contribution in [3.8, 4) is 85.9 Å². The maximum atomic E-state index is 13.8. The van der Waals surface area contributed by atoms with Gasteiger partial charge in [0.15, 0.2) is 57.8 Å². The average molecular weight is 803 g/mol. The number of aromatic carboxylic acids is 1. The number of cyclic esters (lactones) is 1. The third-order valence-corrected chi connectivity index (χ3v) is 8.61. The van der Waals surface area contributed by atoms with Crippen LogP contribution in [0.2, 0.25) is 0 Å². The van der Waals surface area contributed by atoms with Crippen LogP contribution >= 0.6 is 0 Å². The lowest BCUT2D eigenvalue weighted by atomic mass is 9.91. The number of carboxylic acids is 1. The Hall–Kier alpha value is -7.76. The molecule has 0 bridgehead atoms. The molecule has 23 heteroatoms. The van der Waals surface area contributed by atoms with Crippen molar-refractivity contribution in [2.45, 2.75) is 30.7 Å². The summed E-state index contributed by atoms with van der Waals surface area (Å²) in [4.78, 5) is 52.2. The maximum Gasteiger partial charge on any atom is 0.340 e. The first kappa shape index (κ1) is 38.9. The van der Waals surface area contributed by atoms with Gasteiger partial charge in [-0.3, -0.25) is 0 Å². The van der Waals surface area contributed by atoms with Gasteiger partial charge in [0.25, 0.3) is 0 Å². The molecule has 2 heterocycles. The molecular formula is C34H26O23. The number of benzene rings is 4. The highest BCUT2D eigenvalue weighted by atomic mass is 16.7. The van der Waals surface area contributed by atoms with E-state index >= 15 is 0 Å². The molecule has 0 saturated carbocycles. The van der Waals surface area contributed by atoms with E-state index in [4.69, 9.17) is 23.7 Å². The third kappa shape index (κ3) is 6.58. The van der Waals surface area contributed by atoms with Gasteiger partial charge in [0.2, 0.25) is 29.3 Å². The van der Waals surface area contributed by atoms with Crippen molar-refractivity contribution in [3.05, 3.63) is 52.6 Å². The number of phenols is 11. The molecule has 5 atom stereocenters. The number of hydrogen-bond acceptors (Lipinski definition) is 22. The molecule has 2 aliphatic heterocycles. The maximum absolute atomic E-state index is 13.8. The SMILES string of the molecule is O=C(OC1OC2COC(=O)c3cc(O)c(Oc4c(C(=O)O)cc(O)c(O)c4O)c(O)c3-c3c(cc(O)c(O)c3O)C(=O)OC2C(O)C1O)c1cc(O)c(O)c(O)c1. The smallest absolute Gasteiger partial charge is 0.340 e. The average Bonchev–Trinajstić information content (AvgIpc) is 3.17. The van der Waals surface area contributed by atoms with E-state index in [2.05, 4.69) is 0 Å². The Morgan fingerprint density at radius 2 is 1.16 bits per heavy atom. The van der Waals surface area contributed by atoms with Gasteiger partial charge in [-0.2, -0.15) is 0 Å². The number of aliphatic hydroxyl groups is 2. The highest BCUT2D eigenvalue weighted by Gasteiger charge is 2.50. The van der Waals surface area contributed by atoms with Crippen LogP contribution in [0.25, 0.3) is 11.1 Å². The van der Waals surface area contributed by atoms with Crippen LogP contribution < -0.4 is 4.74 Å². The molecule has 57 heavy (non-hydrogen) atoms. The van der Waals surface area contributed by atoms with Crippen molar-refractivity contribution in [3.63, 3.8) is 0 Å². The molecule has 14 N–H and O–H groups in total. The number of rotatable bonds is 5. The molecule has 23 nitrogen and oxygen atoms in total. The molecule has 6 rings (SSSR count). The van der Waals surface area contributed by atoms with Crippen LogP contribution in [0.3, 0.4) is 0 Å². The predicted octanol–water partition coefficient (Wildman–Crippen LogP) is 0.605. The Labute approximate surface area is 314 Å². The van der Waals surface area contributed by atoms with Crippen LogP contribution in [0.1, 0.15) is 41.4 Å². The number of carbonyl (C=O) groups is 4. The topological polar surface area (TPSA) is 398 Å². The van der Waals surface area contributed by atoms with E-state index in [1.807, 2.05) is 0 Å². The van der Waals surface area contributed by atoms with Crippen LogP contribution in [0.15, 0.2) is 30.3 Å². The summed E-state index contributed by atoms with van der Waals surface area (Å²) in [6, 6.07) is 2.61. The van der Waals surface area contributed by atoms with Crippen LogP contribution in [-0.2, 0) is 18.9 Å². The number of aliphatic hydroxyl groups excluding tert-OH is 2. The number of hydrogen-bond donors (Lipinski definition) is 14. The van der Waals surface area contributed by atoms with Crippen LogP contribution in [0, 0.1) is 0 Å². The van der Waals surface area contributed by atoms with E-state index in [9.17, 15) is 90.7 Å². The standard InChI is InChI=1S/C34H26O23/c35-11-1-7(2-12(36)19(11)40)31(50)57-34-26(47)25(46)29-16(54-34)6-53-32(51)8-4-15(39)28(55-27-10(30(48)49)5-14(38)21(42)24(27)45)23(44)18(8)17-9(33(52)56-29)3-13(37)20(41)22(17)43/h1-5,16,25-26,29,34-47H,6H2,(H,48,49). The Bertz CT molecular complexity index is 2360. The number of ether oxygens (including phenoxy) is 5. The van der Waals surface area contributed by atoms with E-state index in [0.717, 1.165) is 0 Å². The van der Waals surface area contributed by atoms with Gasteiger partial charge >= 0.3 is 23.9 Å². The van der Waals surface area contributed by atoms with Gasteiger partial charge in [0, 0.05) is 17.2 Å². The van der Waals surface area contributed by atoms with Crippen molar-refractivity contribution in [1.82, 2.24) is 0 Å². The van der Waals surface area contributed by atoms with Gasteiger partial charge in [-0.05, 0) is 24.3 Å². The lowest BCUT2D eigenvalue weighted by molar-refractivity contribution is -0.284. The lowest BCUT2D eigenvalue weighted by Gasteiger charge is -2.41. The van der Waals surface area contributed by atoms with Gasteiger partial charge in [-0.15, -0.1) is 0 Å². The number of carbonyl (C=O) groups excluding carboxylic acids is 3. The molecule has 0 radical (unpaired) electrons. The fourth-order valence-electron chi connectivity index (χ4n) is 5.80. The number of aromatic hydroxyl groups is 11. The zero-order chi connectivity index (χ0) is 41.9. The normalized spacial score (nSPS) is 20.4. The number of carboxylic acid groups (broad SMARTS) is 1. The van der Waals surface area contributed by atoms with Gasteiger partial charge in [0.1, 0.15) is 30.5 Å². The highest BCUT2D eigenvalue weighted by molar-refractivity contribution is 6.08. The van der Waals surface area contributed by atoms with Crippen molar-refractivity contribution in [2.75, 3.05) is 6.61 Å². The Kier molecular flexibility index (Phi) is 9.67. The molecule has 300 valence electrons. The van der Waals surface area contributed by atoms with E-state index in [-0.39, 0.29) is 0 Å². The predicted molar refractivity (Wildman–Crippen MR) is 176 cm³/mol. The zero-order valence-electron chi connectivity index (χ0n) is 27.9. The van der Waals surface area contributed by atoms with Gasteiger partial charge < -0.3 is 95.2 Å². The number of fused-ring (bicyclic) bond motifs is 4. The van der Waals surface area contributed by atoms with E-state index < -0.39 is 169 Å². The molecule has 1 saturated heterocycles. The summed E-state index contributed by atoms with van der Waals surface area (Å²) >= 11 is 0. The van der Waals surface area contributed by atoms with Crippen molar-refractivity contribution >= 4 is 23.9 Å². The monoisotopic (exact) mass is 802 g/mol. The largest absolute Gasteiger partial charge is 0.504 e. The van der Waals surface area contributed by atoms with Gasteiger partial charge in [-0.1, -0.05) is 0 Å². The molecule has 5 unspecified atom stereocenters. The first-order valence-corrected chi connectivity index (χ1v) is 15.6. The quantitative estimate of drug-likeness (QED) is 0.0746. The fourth-order valence-corrected chi connectivity index (χ4v) is 5.80. The number of phenolic OH excluding ortho intramolecular Hbond substituents is 11. The minimum Gasteiger partial charge on any atom is -0.504 e. The first-order valence-electron chi connectivity index (χ1n) is 15.6. The molecule has 0 aromatic heterocycles. The molecule has 4 aromatic carbocycles. The number of esters is 3. The Morgan fingerprint density at radius 3 is 1.79 bits per heavy atom. The summed E-state index contributed by atoms with van der Waals surface area (Å²) in [5.74, 6) is -22.7. The molecule has 0 amide bonds. The molecule has 1 fully saturated rings. The lowest BCUT2D eigenvalue weighted by Crippen LogP contribution is -2.61. The molecule has 4 aromatic rings. The summed E-state index contributed by atoms with van der Waals surface area (Å²) in [5, 5.41) is 145. The summed E-state index contributed by atoms with van der Waals surface area (Å²) in [5.41, 5.74) is -5.87. The van der Waals surface area contributed by atoms with Crippen LogP contribution in [0.4, 0.5) is 0 Å². The summed E-state index contributed by atoms with van der Waals surface area (Å²) < 4.78 is 26.4. The molecule has 2 aliphatic rings. The zero-order valence-corrected chi connectivity index (χ0v) is 27.9. The van der Waals surface area contributed by atoms with E-state index in [1.165, 1.54) is 0 Å². The minimum absolute atomic E-state index is 0.405. The second kappa shape index (κ2) is 14.1. The summed E-state index contributed by atoms with van der Waals surface area (Å²) in [7, 11) is 0. The van der Waals surface area contributed by atoms with Crippen molar-refractivity contribution < 1.29 is 114 Å². The second-order valence-corrected chi connectivity index (χ2v) is 12.1. The van der Waals surface area contributed by atoms with Crippen molar-refractivity contribution in [1.29, 1.82) is 0 Å². The summed E-state index contributed by atoms with van der Waals surface area (Å²) in [6.45, 7) is -1.09. The highest BCUT2D eigenvalue weighted by Crippen LogP contribution is 2.56. The van der Waals surface area contributed by atoms with Gasteiger partial charge in [0.05, 0.1) is 16.7 Å². The molecular weight excluding hydrogens is 776 g/mol. The van der Waals surface area contributed by atoms with Crippen LogP contribution in [-0.4, -0.2) is 133 Å². The van der Waals surface area contributed by atoms with E-state index in [0.29, 0.717) is 30.3 Å². The first-order chi connectivity index (χ1) is 26.7. The van der Waals surface area contributed by atoms with Crippen LogP contribution in [0.5, 0.6) is 74.7 Å². The van der Waals surface area contributed by atoms with Crippen molar-refractivity contribution in [2.24, 2.45) is 0 Å². The third-order valence-electron chi connectivity index (χ3n) is 8.61. The second-order valence-electron chi connectivity index (χ2n) is 12.1. The van der Waals surface area contributed by atoms with Gasteiger partial charge in [-0.25, -0.2) is 19.2 Å². The molecule has 0 spiro atoms.